The quantitative estimate of drug-likeness (QED) is 0.798. The lowest BCUT2D eigenvalue weighted by Gasteiger charge is -2.06. The molecule has 0 aliphatic rings. The molecule has 2 N–H and O–H groups in total. The molecule has 2 rings (SSSR count). The van der Waals surface area contributed by atoms with Crippen LogP contribution in [0.1, 0.15) is 15.9 Å². The molecule has 0 atom stereocenters. The van der Waals surface area contributed by atoms with Crippen LogP contribution in [0.15, 0.2) is 49.3 Å². The number of anilines is 1. The van der Waals surface area contributed by atoms with Crippen molar-refractivity contribution in [1.82, 2.24) is 15.3 Å². The molecule has 1 amide bonds. The van der Waals surface area contributed by atoms with E-state index >= 15 is 0 Å². The first kappa shape index (κ1) is 14.6. The fourth-order valence-electron chi connectivity index (χ4n) is 1.62. The van der Waals surface area contributed by atoms with Gasteiger partial charge in [0.25, 0.3) is 5.91 Å². The van der Waals surface area contributed by atoms with Crippen LogP contribution in [0.2, 0.25) is 0 Å². The lowest BCUT2D eigenvalue weighted by Crippen LogP contribution is -2.23. The predicted molar refractivity (Wildman–Crippen MR) is 78.3 cm³/mol. The molecule has 21 heavy (non-hydrogen) atoms. The molecule has 1 aromatic heterocycles. The Morgan fingerprint density at radius 1 is 1.29 bits per heavy atom. The number of hydrogen-bond donors (Lipinski definition) is 2. The summed E-state index contributed by atoms with van der Waals surface area (Å²) >= 11 is 0. The van der Waals surface area contributed by atoms with Crippen LogP contribution < -0.4 is 10.6 Å². The van der Waals surface area contributed by atoms with Crippen molar-refractivity contribution >= 4 is 11.9 Å². The van der Waals surface area contributed by atoms with Gasteiger partial charge >= 0.3 is 0 Å². The number of amides is 1. The Bertz CT molecular complexity index is 628. The highest BCUT2D eigenvalue weighted by molar-refractivity contribution is 5.93. The standard InChI is InChI=1S/C15H15FN4O/c1-2-7-17-15-19-9-12(10-20-15)14(21)18-8-11-5-3-4-6-13(11)16/h2-6,9-10H,1,7-8H2,(H,18,21)(H,17,19,20). The fraction of sp³-hybridized carbons (Fsp3) is 0.133. The Balaban J connectivity index is 1.94. The van der Waals surface area contributed by atoms with Crippen LogP contribution in [0.25, 0.3) is 0 Å². The lowest BCUT2D eigenvalue weighted by atomic mass is 10.2. The number of rotatable bonds is 6. The zero-order valence-electron chi connectivity index (χ0n) is 11.3. The summed E-state index contributed by atoms with van der Waals surface area (Å²) in [5.41, 5.74) is 0.742. The summed E-state index contributed by atoms with van der Waals surface area (Å²) in [6, 6.07) is 6.29. The summed E-state index contributed by atoms with van der Waals surface area (Å²) in [5.74, 6) is -0.285. The van der Waals surface area contributed by atoms with Crippen molar-refractivity contribution in [2.24, 2.45) is 0 Å². The summed E-state index contributed by atoms with van der Waals surface area (Å²) in [5, 5.41) is 5.53. The minimum absolute atomic E-state index is 0.113. The van der Waals surface area contributed by atoms with E-state index in [2.05, 4.69) is 27.2 Å². The molecular formula is C15H15FN4O. The van der Waals surface area contributed by atoms with Gasteiger partial charge in [0.05, 0.1) is 5.56 Å². The molecule has 2 aromatic rings. The normalized spacial score (nSPS) is 9.95. The summed E-state index contributed by atoms with van der Waals surface area (Å²) in [6.07, 6.45) is 4.50. The van der Waals surface area contributed by atoms with Crippen LogP contribution in [0.5, 0.6) is 0 Å². The first-order valence-electron chi connectivity index (χ1n) is 6.39. The molecule has 6 heteroatoms. The molecule has 0 unspecified atom stereocenters. The Morgan fingerprint density at radius 2 is 2.00 bits per heavy atom. The third kappa shape index (κ3) is 4.10. The maximum absolute atomic E-state index is 13.4. The average molecular weight is 286 g/mol. The summed E-state index contributed by atoms with van der Waals surface area (Å²) < 4.78 is 13.4. The summed E-state index contributed by atoms with van der Waals surface area (Å²) in [4.78, 5) is 19.9. The van der Waals surface area contributed by atoms with Gasteiger partial charge in [0.1, 0.15) is 5.82 Å². The number of nitrogens with zero attached hydrogens (tertiary/aromatic N) is 2. The Labute approximate surface area is 121 Å². The smallest absolute Gasteiger partial charge is 0.254 e. The predicted octanol–water partition coefficient (Wildman–Crippen LogP) is 2.14. The van der Waals surface area contributed by atoms with E-state index in [0.717, 1.165) is 0 Å². The van der Waals surface area contributed by atoms with Gasteiger partial charge in [-0.3, -0.25) is 4.79 Å². The highest BCUT2D eigenvalue weighted by atomic mass is 19.1. The Kier molecular flexibility index (Phi) is 4.98. The van der Waals surface area contributed by atoms with Gasteiger partial charge in [0.15, 0.2) is 0 Å². The van der Waals surface area contributed by atoms with Crippen LogP contribution >= 0.6 is 0 Å². The van der Waals surface area contributed by atoms with E-state index in [0.29, 0.717) is 23.6 Å². The van der Waals surface area contributed by atoms with Gasteiger partial charge in [-0.2, -0.15) is 0 Å². The number of aromatic nitrogens is 2. The second kappa shape index (κ2) is 7.14. The van der Waals surface area contributed by atoms with Crippen molar-refractivity contribution in [3.8, 4) is 0 Å². The van der Waals surface area contributed by atoms with Crippen LogP contribution in [0, 0.1) is 5.82 Å². The highest BCUT2D eigenvalue weighted by Gasteiger charge is 2.08. The second-order valence-electron chi connectivity index (χ2n) is 4.24. The fourth-order valence-corrected chi connectivity index (χ4v) is 1.62. The molecule has 0 fully saturated rings. The van der Waals surface area contributed by atoms with E-state index in [9.17, 15) is 9.18 Å². The van der Waals surface area contributed by atoms with Crippen molar-refractivity contribution in [1.29, 1.82) is 0 Å². The molecule has 1 aromatic carbocycles. The van der Waals surface area contributed by atoms with Gasteiger partial charge in [-0.15, -0.1) is 6.58 Å². The van der Waals surface area contributed by atoms with Gasteiger partial charge in [-0.1, -0.05) is 24.3 Å². The monoisotopic (exact) mass is 286 g/mol. The molecule has 0 aliphatic heterocycles. The zero-order valence-corrected chi connectivity index (χ0v) is 11.3. The maximum Gasteiger partial charge on any atom is 0.254 e. The number of halogens is 1. The van der Waals surface area contributed by atoms with Gasteiger partial charge in [0, 0.05) is 31.0 Å². The van der Waals surface area contributed by atoms with Gasteiger partial charge in [-0.25, -0.2) is 14.4 Å². The molecular weight excluding hydrogens is 271 g/mol. The van der Waals surface area contributed by atoms with Crippen molar-refractivity contribution < 1.29 is 9.18 Å². The number of carbonyl (C=O) groups excluding carboxylic acids is 1. The van der Waals surface area contributed by atoms with Crippen LogP contribution in [0.3, 0.4) is 0 Å². The molecule has 0 bridgehead atoms. The number of hydrogen-bond acceptors (Lipinski definition) is 4. The zero-order chi connectivity index (χ0) is 15.1. The summed E-state index contributed by atoms with van der Waals surface area (Å²) in [6.45, 7) is 4.22. The molecule has 5 nitrogen and oxygen atoms in total. The SMILES string of the molecule is C=CCNc1ncc(C(=O)NCc2ccccc2F)cn1. The van der Waals surface area contributed by atoms with Gasteiger partial charge in [-0.05, 0) is 6.07 Å². The van der Waals surface area contributed by atoms with Gasteiger partial charge < -0.3 is 10.6 Å². The number of benzene rings is 1. The number of carbonyl (C=O) groups is 1. The third-order valence-electron chi connectivity index (χ3n) is 2.72. The van der Waals surface area contributed by atoms with Crippen molar-refractivity contribution in [2.75, 3.05) is 11.9 Å². The van der Waals surface area contributed by atoms with Crippen LogP contribution in [-0.4, -0.2) is 22.4 Å². The average Bonchev–Trinajstić information content (AvgIpc) is 2.52. The molecule has 0 saturated carbocycles. The summed E-state index contributed by atoms with van der Waals surface area (Å²) in [7, 11) is 0. The molecule has 0 spiro atoms. The maximum atomic E-state index is 13.4. The molecule has 108 valence electrons. The first-order valence-corrected chi connectivity index (χ1v) is 6.39. The number of nitrogens with one attached hydrogen (secondary N) is 2. The van der Waals surface area contributed by atoms with E-state index in [1.807, 2.05) is 0 Å². The Hall–Kier alpha value is -2.76. The van der Waals surface area contributed by atoms with E-state index in [1.54, 1.807) is 24.3 Å². The lowest BCUT2D eigenvalue weighted by molar-refractivity contribution is 0.0950. The third-order valence-corrected chi connectivity index (χ3v) is 2.72. The molecule has 0 saturated heterocycles. The highest BCUT2D eigenvalue weighted by Crippen LogP contribution is 2.06. The first-order chi connectivity index (χ1) is 10.2. The van der Waals surface area contributed by atoms with E-state index < -0.39 is 0 Å². The molecule has 0 radical (unpaired) electrons. The minimum atomic E-state index is -0.353. The second-order valence-corrected chi connectivity index (χ2v) is 4.24. The van der Waals surface area contributed by atoms with Crippen molar-refractivity contribution in [3.05, 3.63) is 66.3 Å². The van der Waals surface area contributed by atoms with Crippen molar-refractivity contribution in [2.45, 2.75) is 6.54 Å². The van der Waals surface area contributed by atoms with Crippen LogP contribution in [-0.2, 0) is 6.54 Å². The van der Waals surface area contributed by atoms with E-state index in [4.69, 9.17) is 0 Å². The topological polar surface area (TPSA) is 66.9 Å². The Morgan fingerprint density at radius 3 is 2.67 bits per heavy atom. The largest absolute Gasteiger partial charge is 0.351 e. The van der Waals surface area contributed by atoms with Crippen molar-refractivity contribution in [3.63, 3.8) is 0 Å². The molecule has 0 aliphatic carbocycles. The van der Waals surface area contributed by atoms with Gasteiger partial charge in [0.2, 0.25) is 5.95 Å². The molecule has 1 heterocycles. The van der Waals surface area contributed by atoms with E-state index in [-0.39, 0.29) is 18.3 Å². The minimum Gasteiger partial charge on any atom is -0.351 e. The van der Waals surface area contributed by atoms with E-state index in [1.165, 1.54) is 18.5 Å². The van der Waals surface area contributed by atoms with Crippen LogP contribution in [0.4, 0.5) is 10.3 Å².